The average Bonchev–Trinajstić information content (AvgIpc) is 3.60. The SMILES string of the molecule is COc1ccc(S(=O)(=O)N(CC(=O)N2CCc3sccc3[C@@H]2COc2ccc(Cl)cc2)CC2CC2)cc1. The summed E-state index contributed by atoms with van der Waals surface area (Å²) in [4.78, 5) is 16.9. The minimum atomic E-state index is -3.85. The van der Waals surface area contributed by atoms with Crippen LogP contribution in [0, 0.1) is 5.92 Å². The molecular weight excluding hydrogens is 532 g/mol. The fourth-order valence-corrected chi connectivity index (χ4v) is 7.07. The first-order valence-corrected chi connectivity index (χ1v) is 14.9. The van der Waals surface area contributed by atoms with E-state index in [-0.39, 0.29) is 35.9 Å². The third kappa shape index (κ3) is 5.95. The molecule has 1 saturated carbocycles. The topological polar surface area (TPSA) is 76.2 Å². The number of halogens is 1. The van der Waals surface area contributed by atoms with Crippen LogP contribution in [-0.2, 0) is 21.2 Å². The van der Waals surface area contributed by atoms with E-state index in [0.29, 0.717) is 29.6 Å². The molecule has 7 nitrogen and oxygen atoms in total. The van der Waals surface area contributed by atoms with Gasteiger partial charge in [0.05, 0.1) is 24.6 Å². The molecule has 5 rings (SSSR count). The van der Waals surface area contributed by atoms with Crippen molar-refractivity contribution in [3.63, 3.8) is 0 Å². The highest BCUT2D eigenvalue weighted by Gasteiger charge is 2.37. The summed E-state index contributed by atoms with van der Waals surface area (Å²) >= 11 is 7.67. The van der Waals surface area contributed by atoms with Crippen molar-refractivity contribution < 1.29 is 22.7 Å². The van der Waals surface area contributed by atoms with Gasteiger partial charge in [-0.3, -0.25) is 4.79 Å². The second kappa shape index (κ2) is 11.0. The van der Waals surface area contributed by atoms with Gasteiger partial charge in [0.1, 0.15) is 18.1 Å². The van der Waals surface area contributed by atoms with Gasteiger partial charge in [0.2, 0.25) is 15.9 Å². The molecule has 1 aliphatic heterocycles. The number of ether oxygens (including phenoxy) is 2. The third-order valence-electron chi connectivity index (χ3n) is 6.80. The maximum absolute atomic E-state index is 13.7. The molecule has 0 radical (unpaired) electrons. The van der Waals surface area contributed by atoms with E-state index in [0.717, 1.165) is 24.8 Å². The van der Waals surface area contributed by atoms with Crippen molar-refractivity contribution in [2.45, 2.75) is 30.2 Å². The lowest BCUT2D eigenvalue weighted by Crippen LogP contribution is -2.48. The highest BCUT2D eigenvalue weighted by molar-refractivity contribution is 7.89. The average molecular weight is 561 g/mol. The molecule has 0 saturated heterocycles. The van der Waals surface area contributed by atoms with Crippen LogP contribution in [-0.4, -0.2) is 56.9 Å². The number of amides is 1. The molecule has 1 atom stereocenters. The summed E-state index contributed by atoms with van der Waals surface area (Å²) < 4.78 is 39.7. The summed E-state index contributed by atoms with van der Waals surface area (Å²) in [7, 11) is -2.32. The summed E-state index contributed by atoms with van der Waals surface area (Å²) in [5.74, 6) is 1.30. The van der Waals surface area contributed by atoms with E-state index in [1.54, 1.807) is 52.6 Å². The Morgan fingerprint density at radius 1 is 1.08 bits per heavy atom. The lowest BCUT2D eigenvalue weighted by atomic mass is 10.0. The molecule has 0 spiro atoms. The molecule has 3 aromatic rings. The molecule has 196 valence electrons. The molecule has 1 aliphatic carbocycles. The lowest BCUT2D eigenvalue weighted by Gasteiger charge is -2.37. The van der Waals surface area contributed by atoms with Crippen LogP contribution in [0.1, 0.15) is 29.3 Å². The molecule has 2 aliphatic rings. The predicted molar refractivity (Wildman–Crippen MR) is 144 cm³/mol. The Bertz CT molecular complexity index is 1340. The Morgan fingerprint density at radius 3 is 2.46 bits per heavy atom. The van der Waals surface area contributed by atoms with Crippen molar-refractivity contribution in [1.29, 1.82) is 0 Å². The van der Waals surface area contributed by atoms with E-state index in [9.17, 15) is 13.2 Å². The first-order valence-electron chi connectivity index (χ1n) is 12.2. The van der Waals surface area contributed by atoms with Crippen molar-refractivity contribution in [1.82, 2.24) is 9.21 Å². The maximum atomic E-state index is 13.7. The van der Waals surface area contributed by atoms with Gasteiger partial charge in [-0.1, -0.05) is 11.6 Å². The van der Waals surface area contributed by atoms with Crippen LogP contribution in [0.25, 0.3) is 0 Å². The molecule has 0 bridgehead atoms. The predicted octanol–water partition coefficient (Wildman–Crippen LogP) is 5.02. The standard InChI is InChI=1S/C27H29ClN2O5S2/c1-34-21-8-10-23(11-9-21)37(32,33)29(16-19-2-3-19)17-27(31)30-14-12-26-24(13-15-36-26)25(30)18-35-22-6-4-20(28)5-7-22/h4-11,13,15,19,25H,2-3,12,14,16-18H2,1H3/t25-/m0/s1. The first kappa shape index (κ1) is 26.0. The number of nitrogens with zero attached hydrogens (tertiary/aromatic N) is 2. The number of methoxy groups -OCH3 is 1. The fourth-order valence-electron chi connectivity index (χ4n) is 4.56. The largest absolute Gasteiger partial charge is 0.497 e. The Balaban J connectivity index is 1.36. The van der Waals surface area contributed by atoms with Gasteiger partial charge < -0.3 is 14.4 Å². The lowest BCUT2D eigenvalue weighted by molar-refractivity contribution is -0.135. The van der Waals surface area contributed by atoms with Crippen molar-refractivity contribution in [2.24, 2.45) is 5.92 Å². The number of sulfonamides is 1. The minimum absolute atomic E-state index is 0.156. The van der Waals surface area contributed by atoms with Crippen LogP contribution in [0.2, 0.25) is 5.02 Å². The number of carbonyl (C=O) groups excluding carboxylic acids is 1. The number of hydrogen-bond acceptors (Lipinski definition) is 6. The summed E-state index contributed by atoms with van der Waals surface area (Å²) in [6.07, 6.45) is 2.69. The second-order valence-corrected chi connectivity index (χ2v) is 12.7. The normalized spacial score (nSPS) is 17.5. The fraction of sp³-hybridized carbons (Fsp3) is 0.370. The number of carbonyl (C=O) groups is 1. The summed E-state index contributed by atoms with van der Waals surface area (Å²) in [5.41, 5.74) is 1.06. The number of thiophene rings is 1. The van der Waals surface area contributed by atoms with Crippen LogP contribution < -0.4 is 9.47 Å². The molecule has 2 aromatic carbocycles. The van der Waals surface area contributed by atoms with E-state index < -0.39 is 10.0 Å². The van der Waals surface area contributed by atoms with Crippen LogP contribution in [0.15, 0.2) is 64.9 Å². The molecule has 0 N–H and O–H groups in total. The van der Waals surface area contributed by atoms with Gasteiger partial charge in [-0.25, -0.2) is 8.42 Å². The van der Waals surface area contributed by atoms with Crippen molar-refractivity contribution in [3.8, 4) is 11.5 Å². The molecule has 1 amide bonds. The monoisotopic (exact) mass is 560 g/mol. The smallest absolute Gasteiger partial charge is 0.243 e. The van der Waals surface area contributed by atoms with E-state index in [1.807, 2.05) is 11.4 Å². The Kier molecular flexibility index (Phi) is 7.76. The van der Waals surface area contributed by atoms with Gasteiger partial charge in [0.25, 0.3) is 0 Å². The molecule has 37 heavy (non-hydrogen) atoms. The molecule has 1 fully saturated rings. The van der Waals surface area contributed by atoms with Gasteiger partial charge in [0.15, 0.2) is 0 Å². The Morgan fingerprint density at radius 2 is 1.78 bits per heavy atom. The molecule has 10 heteroatoms. The minimum Gasteiger partial charge on any atom is -0.497 e. The zero-order valence-corrected chi connectivity index (χ0v) is 22.9. The first-order chi connectivity index (χ1) is 17.8. The number of benzene rings is 2. The molecular formula is C27H29ClN2O5S2. The summed E-state index contributed by atoms with van der Waals surface area (Å²) in [5, 5.41) is 2.65. The summed E-state index contributed by atoms with van der Waals surface area (Å²) in [6, 6.07) is 15.1. The van der Waals surface area contributed by atoms with Gasteiger partial charge in [-0.2, -0.15) is 4.31 Å². The van der Waals surface area contributed by atoms with Crippen LogP contribution >= 0.6 is 22.9 Å². The van der Waals surface area contributed by atoms with Crippen LogP contribution in [0.4, 0.5) is 0 Å². The Labute approximate surface area is 226 Å². The number of hydrogen-bond donors (Lipinski definition) is 0. The maximum Gasteiger partial charge on any atom is 0.243 e. The van der Waals surface area contributed by atoms with E-state index >= 15 is 0 Å². The van der Waals surface area contributed by atoms with Gasteiger partial charge in [0, 0.05) is 23.0 Å². The van der Waals surface area contributed by atoms with E-state index in [1.165, 1.54) is 28.4 Å². The van der Waals surface area contributed by atoms with Crippen molar-refractivity contribution >= 4 is 38.9 Å². The number of fused-ring (bicyclic) bond motifs is 1. The number of rotatable bonds is 10. The van der Waals surface area contributed by atoms with Gasteiger partial charge in [-0.05, 0) is 90.7 Å². The quantitative estimate of drug-likeness (QED) is 0.348. The molecule has 2 heterocycles. The molecule has 0 unspecified atom stereocenters. The van der Waals surface area contributed by atoms with Crippen LogP contribution in [0.3, 0.4) is 0 Å². The molecule has 1 aromatic heterocycles. The van der Waals surface area contributed by atoms with Crippen molar-refractivity contribution in [2.75, 3.05) is 33.4 Å². The van der Waals surface area contributed by atoms with Crippen LogP contribution in [0.5, 0.6) is 11.5 Å². The highest BCUT2D eigenvalue weighted by Crippen LogP contribution is 2.35. The van der Waals surface area contributed by atoms with Gasteiger partial charge in [-0.15, -0.1) is 11.3 Å². The highest BCUT2D eigenvalue weighted by atomic mass is 35.5. The second-order valence-electron chi connectivity index (χ2n) is 9.33. The third-order valence-corrected chi connectivity index (χ3v) is 9.88. The van der Waals surface area contributed by atoms with Gasteiger partial charge >= 0.3 is 0 Å². The van der Waals surface area contributed by atoms with E-state index in [2.05, 4.69) is 0 Å². The zero-order chi connectivity index (χ0) is 26.0. The van der Waals surface area contributed by atoms with E-state index in [4.69, 9.17) is 21.1 Å². The Hall–Kier alpha value is -2.59. The zero-order valence-electron chi connectivity index (χ0n) is 20.5. The summed E-state index contributed by atoms with van der Waals surface area (Å²) in [6.45, 7) is 0.914. The van der Waals surface area contributed by atoms with Crippen molar-refractivity contribution in [3.05, 3.63) is 75.4 Å².